The van der Waals surface area contributed by atoms with Crippen LogP contribution in [0.3, 0.4) is 0 Å². The van der Waals surface area contributed by atoms with Crippen LogP contribution in [0.4, 0.5) is 5.69 Å². The van der Waals surface area contributed by atoms with Crippen LogP contribution in [-0.4, -0.2) is 27.9 Å². The molecule has 0 saturated heterocycles. The van der Waals surface area contributed by atoms with E-state index in [0.717, 1.165) is 11.3 Å². The minimum Gasteiger partial charge on any atom is -0.478 e. The molecular weight excluding hydrogens is 266 g/mol. The zero-order valence-corrected chi connectivity index (χ0v) is 11.4. The largest absolute Gasteiger partial charge is 0.478 e. The highest BCUT2D eigenvalue weighted by atomic mass is 35.5. The molecule has 0 saturated carbocycles. The van der Waals surface area contributed by atoms with E-state index in [4.69, 9.17) is 16.7 Å². The standard InChI is InChI=1S/C13H14ClN3O2/c1-16(7-9-6-15-17(2)8-9)10-3-4-11(13(18)19)12(14)5-10/h3-6,8H,7H2,1-2H3,(H,18,19). The fraction of sp³-hybridized carbons (Fsp3) is 0.231. The zero-order valence-electron chi connectivity index (χ0n) is 10.7. The van der Waals surface area contributed by atoms with Crippen LogP contribution in [-0.2, 0) is 13.6 Å². The number of aryl methyl sites for hydroxylation is 1. The zero-order chi connectivity index (χ0) is 14.0. The summed E-state index contributed by atoms with van der Waals surface area (Å²) in [4.78, 5) is 12.9. The minimum atomic E-state index is -1.02. The van der Waals surface area contributed by atoms with Gasteiger partial charge in [-0.1, -0.05) is 11.6 Å². The van der Waals surface area contributed by atoms with Crippen LogP contribution in [0.5, 0.6) is 0 Å². The maximum absolute atomic E-state index is 10.9. The Hall–Kier alpha value is -2.01. The fourth-order valence-electron chi connectivity index (χ4n) is 1.83. The van der Waals surface area contributed by atoms with Crippen molar-refractivity contribution in [3.63, 3.8) is 0 Å². The molecule has 0 amide bonds. The van der Waals surface area contributed by atoms with Gasteiger partial charge in [-0.05, 0) is 18.2 Å². The Kier molecular flexibility index (Phi) is 3.76. The number of hydrogen-bond donors (Lipinski definition) is 1. The summed E-state index contributed by atoms with van der Waals surface area (Å²) >= 11 is 5.95. The SMILES string of the molecule is CN(Cc1cnn(C)c1)c1ccc(C(=O)O)c(Cl)c1. The molecule has 5 nitrogen and oxygen atoms in total. The lowest BCUT2D eigenvalue weighted by Crippen LogP contribution is -2.16. The summed E-state index contributed by atoms with van der Waals surface area (Å²) in [6, 6.07) is 4.91. The van der Waals surface area contributed by atoms with E-state index in [-0.39, 0.29) is 10.6 Å². The number of carbonyl (C=O) groups is 1. The van der Waals surface area contributed by atoms with Gasteiger partial charge in [-0.15, -0.1) is 0 Å². The highest BCUT2D eigenvalue weighted by Crippen LogP contribution is 2.24. The maximum atomic E-state index is 10.9. The van der Waals surface area contributed by atoms with Gasteiger partial charge in [0.05, 0.1) is 16.8 Å². The lowest BCUT2D eigenvalue weighted by Gasteiger charge is -2.19. The molecule has 0 atom stereocenters. The molecule has 0 radical (unpaired) electrons. The second kappa shape index (κ2) is 5.32. The molecular formula is C13H14ClN3O2. The first-order chi connectivity index (χ1) is 8.97. The number of benzene rings is 1. The molecule has 2 rings (SSSR count). The van der Waals surface area contributed by atoms with E-state index in [1.54, 1.807) is 23.0 Å². The van der Waals surface area contributed by atoms with Crippen molar-refractivity contribution in [2.45, 2.75) is 6.54 Å². The van der Waals surface area contributed by atoms with Crippen molar-refractivity contribution in [3.8, 4) is 0 Å². The average Bonchev–Trinajstić information content (AvgIpc) is 2.74. The molecule has 100 valence electrons. The molecule has 0 aliphatic rings. The molecule has 1 N–H and O–H groups in total. The number of aromatic carboxylic acids is 1. The first kappa shape index (κ1) is 13.4. The van der Waals surface area contributed by atoms with Crippen molar-refractivity contribution in [1.29, 1.82) is 0 Å². The highest BCUT2D eigenvalue weighted by molar-refractivity contribution is 6.33. The lowest BCUT2D eigenvalue weighted by molar-refractivity contribution is 0.0697. The molecule has 1 aromatic heterocycles. The minimum absolute atomic E-state index is 0.111. The Balaban J connectivity index is 2.17. The lowest BCUT2D eigenvalue weighted by atomic mass is 10.2. The van der Waals surface area contributed by atoms with Gasteiger partial charge < -0.3 is 10.0 Å². The predicted octanol–water partition coefficient (Wildman–Crippen LogP) is 2.41. The second-order valence-corrected chi connectivity index (χ2v) is 4.75. The Morgan fingerprint density at radius 1 is 1.53 bits per heavy atom. The summed E-state index contributed by atoms with van der Waals surface area (Å²) in [5, 5.41) is 13.3. The topological polar surface area (TPSA) is 58.4 Å². The Bertz CT molecular complexity index is 610. The van der Waals surface area contributed by atoms with Gasteiger partial charge in [0, 0.05) is 38.1 Å². The van der Waals surface area contributed by atoms with E-state index >= 15 is 0 Å². The number of carboxylic acids is 1. The summed E-state index contributed by atoms with van der Waals surface area (Å²) < 4.78 is 1.74. The number of nitrogens with zero attached hydrogens (tertiary/aromatic N) is 3. The van der Waals surface area contributed by atoms with Crippen molar-refractivity contribution in [2.24, 2.45) is 7.05 Å². The van der Waals surface area contributed by atoms with Gasteiger partial charge in [0.15, 0.2) is 0 Å². The van der Waals surface area contributed by atoms with Crippen molar-refractivity contribution in [2.75, 3.05) is 11.9 Å². The molecule has 0 aliphatic heterocycles. The third-order valence-corrected chi connectivity index (χ3v) is 3.11. The summed E-state index contributed by atoms with van der Waals surface area (Å²) in [6.45, 7) is 0.677. The van der Waals surface area contributed by atoms with Gasteiger partial charge in [-0.3, -0.25) is 4.68 Å². The summed E-state index contributed by atoms with van der Waals surface area (Å²) in [5.41, 5.74) is 2.04. The number of aromatic nitrogens is 2. The van der Waals surface area contributed by atoms with E-state index < -0.39 is 5.97 Å². The van der Waals surface area contributed by atoms with Gasteiger partial charge >= 0.3 is 5.97 Å². The van der Waals surface area contributed by atoms with E-state index in [0.29, 0.717) is 6.54 Å². The van der Waals surface area contributed by atoms with Gasteiger partial charge in [-0.2, -0.15) is 5.10 Å². The van der Waals surface area contributed by atoms with Gasteiger partial charge in [0.25, 0.3) is 0 Å². The predicted molar refractivity (Wildman–Crippen MR) is 73.7 cm³/mol. The van der Waals surface area contributed by atoms with Crippen molar-refractivity contribution >= 4 is 23.3 Å². The summed E-state index contributed by atoms with van der Waals surface area (Å²) in [5.74, 6) is -1.02. The average molecular weight is 280 g/mol. The molecule has 0 fully saturated rings. The van der Waals surface area contributed by atoms with Crippen LogP contribution in [0.25, 0.3) is 0 Å². The van der Waals surface area contributed by atoms with Crippen LogP contribution >= 0.6 is 11.6 Å². The van der Waals surface area contributed by atoms with E-state index in [1.807, 2.05) is 25.2 Å². The van der Waals surface area contributed by atoms with Crippen LogP contribution in [0.1, 0.15) is 15.9 Å². The van der Waals surface area contributed by atoms with E-state index in [9.17, 15) is 4.79 Å². The van der Waals surface area contributed by atoms with Gasteiger partial charge in [0.1, 0.15) is 0 Å². The van der Waals surface area contributed by atoms with Crippen LogP contribution in [0.2, 0.25) is 5.02 Å². The molecule has 1 aromatic carbocycles. The number of rotatable bonds is 4. The van der Waals surface area contributed by atoms with Crippen molar-refractivity contribution in [1.82, 2.24) is 9.78 Å². The molecule has 0 aliphatic carbocycles. The highest BCUT2D eigenvalue weighted by Gasteiger charge is 2.11. The summed E-state index contributed by atoms with van der Waals surface area (Å²) in [7, 11) is 3.78. The van der Waals surface area contributed by atoms with E-state index in [2.05, 4.69) is 5.10 Å². The molecule has 0 bridgehead atoms. The molecule has 2 aromatic rings. The maximum Gasteiger partial charge on any atom is 0.337 e. The quantitative estimate of drug-likeness (QED) is 0.934. The van der Waals surface area contributed by atoms with E-state index in [1.165, 1.54) is 6.07 Å². The third kappa shape index (κ3) is 3.06. The Morgan fingerprint density at radius 2 is 2.26 bits per heavy atom. The molecule has 0 unspecified atom stereocenters. The van der Waals surface area contributed by atoms with Crippen molar-refractivity contribution < 1.29 is 9.90 Å². The van der Waals surface area contributed by atoms with Gasteiger partial charge in [0.2, 0.25) is 0 Å². The fourth-order valence-corrected chi connectivity index (χ4v) is 2.09. The Labute approximate surface area is 116 Å². The van der Waals surface area contributed by atoms with Crippen LogP contribution < -0.4 is 4.90 Å². The summed E-state index contributed by atoms with van der Waals surface area (Å²) in [6.07, 6.45) is 3.73. The third-order valence-electron chi connectivity index (χ3n) is 2.80. The Morgan fingerprint density at radius 3 is 2.79 bits per heavy atom. The first-order valence-corrected chi connectivity index (χ1v) is 6.06. The second-order valence-electron chi connectivity index (χ2n) is 4.35. The number of anilines is 1. The molecule has 1 heterocycles. The number of carboxylic acid groups (broad SMARTS) is 1. The monoisotopic (exact) mass is 279 g/mol. The van der Waals surface area contributed by atoms with Crippen LogP contribution in [0, 0.1) is 0 Å². The first-order valence-electron chi connectivity index (χ1n) is 5.69. The normalized spacial score (nSPS) is 10.5. The smallest absolute Gasteiger partial charge is 0.337 e. The molecule has 19 heavy (non-hydrogen) atoms. The number of hydrogen-bond acceptors (Lipinski definition) is 3. The van der Waals surface area contributed by atoms with Gasteiger partial charge in [-0.25, -0.2) is 4.79 Å². The number of halogens is 1. The van der Waals surface area contributed by atoms with Crippen LogP contribution in [0.15, 0.2) is 30.6 Å². The molecule has 0 spiro atoms. The van der Waals surface area contributed by atoms with Crippen molar-refractivity contribution in [3.05, 3.63) is 46.7 Å². The molecule has 6 heteroatoms.